The van der Waals surface area contributed by atoms with E-state index in [4.69, 9.17) is 4.99 Å². The van der Waals surface area contributed by atoms with Gasteiger partial charge in [-0.3, -0.25) is 4.99 Å². The first-order valence-electron chi connectivity index (χ1n) is 9.67. The second-order valence-corrected chi connectivity index (χ2v) is 6.63. The summed E-state index contributed by atoms with van der Waals surface area (Å²) < 4.78 is 3.89. The van der Waals surface area contributed by atoms with Gasteiger partial charge in [-0.2, -0.15) is 5.10 Å². The van der Waals surface area contributed by atoms with E-state index in [-0.39, 0.29) is 24.0 Å². The number of aryl methyl sites for hydroxylation is 1. The van der Waals surface area contributed by atoms with Gasteiger partial charge in [0, 0.05) is 45.0 Å². The van der Waals surface area contributed by atoms with Gasteiger partial charge in [0.15, 0.2) is 5.96 Å². The van der Waals surface area contributed by atoms with Crippen molar-refractivity contribution in [1.82, 2.24) is 34.8 Å². The maximum atomic E-state index is 4.76. The van der Waals surface area contributed by atoms with Gasteiger partial charge < -0.3 is 14.8 Å². The van der Waals surface area contributed by atoms with E-state index in [2.05, 4.69) is 45.7 Å². The number of hydrogen-bond donors (Lipinski definition) is 1. The predicted molar refractivity (Wildman–Crippen MR) is 126 cm³/mol. The Hall–Kier alpha value is -2.43. The second-order valence-electron chi connectivity index (χ2n) is 6.63. The van der Waals surface area contributed by atoms with Crippen molar-refractivity contribution in [1.29, 1.82) is 0 Å². The fourth-order valence-electron chi connectivity index (χ4n) is 2.91. The number of unbranched alkanes of at least 4 members (excludes halogenated alkanes) is 1. The van der Waals surface area contributed by atoms with Crippen LogP contribution in [0, 0.1) is 0 Å². The minimum atomic E-state index is 0. The van der Waals surface area contributed by atoms with Gasteiger partial charge in [0.25, 0.3) is 0 Å². The molecule has 0 spiro atoms. The number of nitrogens with one attached hydrogen (secondary N) is 1. The molecule has 0 saturated carbocycles. The smallest absolute Gasteiger partial charge is 0.193 e. The summed E-state index contributed by atoms with van der Waals surface area (Å²) in [5.74, 6) is 0.916. The van der Waals surface area contributed by atoms with Crippen LogP contribution >= 0.6 is 24.0 Å². The third kappa shape index (κ3) is 7.15. The van der Waals surface area contributed by atoms with E-state index in [1.807, 2.05) is 45.8 Å². The van der Waals surface area contributed by atoms with Crippen LogP contribution in [0.15, 0.2) is 60.4 Å². The minimum absolute atomic E-state index is 0. The van der Waals surface area contributed by atoms with E-state index in [0.717, 1.165) is 56.2 Å². The Balaban J connectivity index is 0.00000300. The summed E-state index contributed by atoms with van der Waals surface area (Å²) in [6, 6.07) is 10.1. The van der Waals surface area contributed by atoms with E-state index in [1.165, 1.54) is 0 Å². The second kappa shape index (κ2) is 12.2. The standard InChI is InChI=1S/C20H28N8.HI/c1-3-21-20(22-11-7-8-12-27-16-23-24-17-27)26(2)14-18-13-25-28(15-18)19-9-5-4-6-10-19;/h4-6,9-10,13,15-17H,3,7-8,11-12,14H2,1-2H3,(H,21,22);1H. The molecule has 0 atom stereocenters. The molecule has 0 aliphatic carbocycles. The lowest BCUT2D eigenvalue weighted by Crippen LogP contribution is -2.38. The highest BCUT2D eigenvalue weighted by atomic mass is 127. The van der Waals surface area contributed by atoms with Crippen molar-refractivity contribution in [3.63, 3.8) is 0 Å². The number of aromatic nitrogens is 5. The maximum Gasteiger partial charge on any atom is 0.193 e. The Kier molecular flexibility index (Phi) is 9.62. The Bertz CT molecular complexity index is 845. The largest absolute Gasteiger partial charge is 0.357 e. The number of halogens is 1. The molecule has 3 rings (SSSR count). The molecular formula is C20H29IN8. The highest BCUT2D eigenvalue weighted by molar-refractivity contribution is 14.0. The molecular weight excluding hydrogens is 479 g/mol. The molecule has 1 N–H and O–H groups in total. The molecule has 0 bridgehead atoms. The Morgan fingerprint density at radius 3 is 2.62 bits per heavy atom. The number of hydrogen-bond acceptors (Lipinski definition) is 4. The number of rotatable bonds is 9. The summed E-state index contributed by atoms with van der Waals surface area (Å²) in [5, 5.41) is 15.5. The molecule has 0 radical (unpaired) electrons. The zero-order chi connectivity index (χ0) is 19.6. The van der Waals surface area contributed by atoms with Crippen LogP contribution < -0.4 is 5.32 Å². The topological polar surface area (TPSA) is 76.2 Å². The number of nitrogens with zero attached hydrogens (tertiary/aromatic N) is 7. The third-order valence-corrected chi connectivity index (χ3v) is 4.33. The maximum absolute atomic E-state index is 4.76. The molecule has 0 fully saturated rings. The predicted octanol–water partition coefficient (Wildman–Crippen LogP) is 2.96. The summed E-state index contributed by atoms with van der Waals surface area (Å²) in [6.07, 6.45) is 9.54. The van der Waals surface area contributed by atoms with Crippen molar-refractivity contribution in [2.24, 2.45) is 4.99 Å². The van der Waals surface area contributed by atoms with Crippen molar-refractivity contribution in [3.8, 4) is 5.69 Å². The quantitative estimate of drug-likeness (QED) is 0.208. The van der Waals surface area contributed by atoms with Crippen LogP contribution in [0.2, 0.25) is 0 Å². The Morgan fingerprint density at radius 2 is 1.90 bits per heavy atom. The summed E-state index contributed by atoms with van der Waals surface area (Å²) >= 11 is 0. The van der Waals surface area contributed by atoms with Gasteiger partial charge in [-0.15, -0.1) is 34.2 Å². The van der Waals surface area contributed by atoms with Crippen LogP contribution in [-0.4, -0.2) is 55.5 Å². The van der Waals surface area contributed by atoms with Crippen LogP contribution in [0.4, 0.5) is 0 Å². The Labute approximate surface area is 189 Å². The first-order chi connectivity index (χ1) is 13.8. The van der Waals surface area contributed by atoms with Gasteiger partial charge in [0.1, 0.15) is 12.7 Å². The number of aliphatic imine (C=N–C) groups is 1. The van der Waals surface area contributed by atoms with E-state index >= 15 is 0 Å². The molecule has 0 saturated heterocycles. The van der Waals surface area contributed by atoms with Gasteiger partial charge in [0.2, 0.25) is 0 Å². The average molecular weight is 508 g/mol. The SMILES string of the molecule is CCNC(=NCCCCn1cnnc1)N(C)Cc1cnn(-c2ccccc2)c1.I. The van der Waals surface area contributed by atoms with Gasteiger partial charge in [-0.05, 0) is 31.9 Å². The molecule has 1 aromatic carbocycles. The highest BCUT2D eigenvalue weighted by Gasteiger charge is 2.08. The van der Waals surface area contributed by atoms with Gasteiger partial charge in [-0.25, -0.2) is 4.68 Å². The van der Waals surface area contributed by atoms with Crippen LogP contribution in [0.25, 0.3) is 5.69 Å². The van der Waals surface area contributed by atoms with Crippen molar-refractivity contribution < 1.29 is 0 Å². The van der Waals surface area contributed by atoms with E-state index in [1.54, 1.807) is 12.7 Å². The molecule has 0 aliphatic rings. The minimum Gasteiger partial charge on any atom is -0.357 e. The average Bonchev–Trinajstić information content (AvgIpc) is 3.40. The summed E-state index contributed by atoms with van der Waals surface area (Å²) in [5.41, 5.74) is 2.20. The first kappa shape index (κ1) is 22.9. The number of benzene rings is 1. The van der Waals surface area contributed by atoms with E-state index in [0.29, 0.717) is 0 Å². The normalized spacial score (nSPS) is 11.2. The van der Waals surface area contributed by atoms with Crippen molar-refractivity contribution in [2.45, 2.75) is 32.9 Å². The van der Waals surface area contributed by atoms with E-state index < -0.39 is 0 Å². The lowest BCUT2D eigenvalue weighted by Gasteiger charge is -2.21. The molecule has 156 valence electrons. The van der Waals surface area contributed by atoms with Crippen LogP contribution in [0.3, 0.4) is 0 Å². The van der Waals surface area contributed by atoms with Crippen LogP contribution in [0.5, 0.6) is 0 Å². The zero-order valence-corrected chi connectivity index (χ0v) is 19.3. The summed E-state index contributed by atoms with van der Waals surface area (Å²) in [4.78, 5) is 6.89. The highest BCUT2D eigenvalue weighted by Crippen LogP contribution is 2.09. The molecule has 3 aromatic rings. The fourth-order valence-corrected chi connectivity index (χ4v) is 2.91. The molecule has 0 aliphatic heterocycles. The molecule has 9 heteroatoms. The molecule has 0 amide bonds. The van der Waals surface area contributed by atoms with E-state index in [9.17, 15) is 0 Å². The van der Waals surface area contributed by atoms with Crippen molar-refractivity contribution >= 4 is 29.9 Å². The summed E-state index contributed by atoms with van der Waals surface area (Å²) in [7, 11) is 2.05. The molecule has 0 unspecified atom stereocenters. The molecule has 2 aromatic heterocycles. The Morgan fingerprint density at radius 1 is 1.14 bits per heavy atom. The van der Waals surface area contributed by atoms with Gasteiger partial charge >= 0.3 is 0 Å². The number of guanidine groups is 1. The first-order valence-corrected chi connectivity index (χ1v) is 9.67. The lowest BCUT2D eigenvalue weighted by molar-refractivity contribution is 0.475. The zero-order valence-electron chi connectivity index (χ0n) is 17.0. The number of para-hydroxylation sites is 1. The lowest BCUT2D eigenvalue weighted by atomic mass is 10.3. The van der Waals surface area contributed by atoms with Crippen LogP contribution in [-0.2, 0) is 13.1 Å². The van der Waals surface area contributed by atoms with Gasteiger partial charge in [0.05, 0.1) is 11.9 Å². The monoisotopic (exact) mass is 508 g/mol. The molecule has 2 heterocycles. The van der Waals surface area contributed by atoms with Gasteiger partial charge in [-0.1, -0.05) is 18.2 Å². The van der Waals surface area contributed by atoms with Crippen molar-refractivity contribution in [3.05, 3.63) is 60.9 Å². The molecule has 29 heavy (non-hydrogen) atoms. The molecule has 8 nitrogen and oxygen atoms in total. The van der Waals surface area contributed by atoms with Crippen molar-refractivity contribution in [2.75, 3.05) is 20.1 Å². The third-order valence-electron chi connectivity index (χ3n) is 4.33. The fraction of sp³-hybridized carbons (Fsp3) is 0.400. The summed E-state index contributed by atoms with van der Waals surface area (Å²) in [6.45, 7) is 5.39. The van der Waals surface area contributed by atoms with Crippen LogP contribution in [0.1, 0.15) is 25.3 Å².